The molecule has 0 bridgehead atoms. The van der Waals surface area contributed by atoms with E-state index in [2.05, 4.69) is 27.3 Å². The van der Waals surface area contributed by atoms with Crippen LogP contribution < -0.4 is 15.4 Å². The van der Waals surface area contributed by atoms with Gasteiger partial charge in [0, 0.05) is 36.7 Å². The summed E-state index contributed by atoms with van der Waals surface area (Å²) < 4.78 is 54.2. The van der Waals surface area contributed by atoms with Crippen molar-refractivity contribution in [1.29, 1.82) is 0 Å². The van der Waals surface area contributed by atoms with Crippen molar-refractivity contribution in [3.05, 3.63) is 65.7 Å². The Morgan fingerprint density at radius 3 is 2.40 bits per heavy atom. The molecule has 0 aliphatic heterocycles. The number of sulfone groups is 1. The van der Waals surface area contributed by atoms with Crippen LogP contribution in [0.1, 0.15) is 30.9 Å². The molecule has 0 radical (unpaired) electrons. The van der Waals surface area contributed by atoms with Crippen molar-refractivity contribution in [2.75, 3.05) is 28.7 Å². The summed E-state index contributed by atoms with van der Waals surface area (Å²) in [6, 6.07) is 15.9. The fraction of sp³-hybridized carbons (Fsp3) is 0.296. The molecule has 0 atom stereocenters. The number of hydrogen-bond donors (Lipinski definition) is 4. The van der Waals surface area contributed by atoms with Gasteiger partial charge in [0.2, 0.25) is 16.8 Å². The third-order valence-electron chi connectivity index (χ3n) is 6.65. The number of ether oxygens (including phenoxy) is 1. The van der Waals surface area contributed by atoms with Crippen molar-refractivity contribution in [3.63, 3.8) is 0 Å². The van der Waals surface area contributed by atoms with Crippen LogP contribution in [0.15, 0.2) is 59.5 Å². The Balaban J connectivity index is 1.47. The molecule has 3 N–H and O–H groups in total. The summed E-state index contributed by atoms with van der Waals surface area (Å²) in [4.78, 5) is 14.4. The van der Waals surface area contributed by atoms with E-state index in [1.54, 1.807) is 24.3 Å². The SMILES string of the molecule is COCc1ccc(-c2ccc3nc(NCc4ccc(N[SH](=O)=O)cc4)nc(NC4(C)CC4)c3n2)cc1S(C)(=O)=O. The first-order valence-electron chi connectivity index (χ1n) is 12.6. The molecule has 210 valence electrons. The summed E-state index contributed by atoms with van der Waals surface area (Å²) in [5.74, 6) is 1.01. The maximum Gasteiger partial charge on any atom is 0.225 e. The highest BCUT2D eigenvalue weighted by Crippen LogP contribution is 2.39. The standard InChI is InChI=1S/C27H30N6O5S2/c1-27(12-13-27)32-25-24-22(30-26(31-25)28-15-17-4-8-20(9-5-17)33-39(34)35)11-10-21(29-24)18-6-7-19(16-38-2)23(14-18)40(3,36)37/h4-11,14,39H,12-13,15-16H2,1-3H3,(H,33,34,35)(H2,28,30,31,32). The van der Waals surface area contributed by atoms with E-state index in [1.807, 2.05) is 30.3 Å². The van der Waals surface area contributed by atoms with Gasteiger partial charge >= 0.3 is 0 Å². The topological polar surface area (TPSA) is 152 Å². The van der Waals surface area contributed by atoms with Gasteiger partial charge in [-0.3, -0.25) is 4.72 Å². The molecule has 1 saturated carbocycles. The van der Waals surface area contributed by atoms with Crippen molar-refractivity contribution < 1.29 is 21.6 Å². The van der Waals surface area contributed by atoms with E-state index in [9.17, 15) is 16.8 Å². The summed E-state index contributed by atoms with van der Waals surface area (Å²) in [5.41, 5.74) is 4.40. The van der Waals surface area contributed by atoms with Gasteiger partial charge in [-0.05, 0) is 61.2 Å². The molecular formula is C27H30N6O5S2. The van der Waals surface area contributed by atoms with E-state index < -0.39 is 20.7 Å². The van der Waals surface area contributed by atoms with Gasteiger partial charge in [0.25, 0.3) is 0 Å². The zero-order chi connectivity index (χ0) is 28.5. The normalized spacial score (nSPS) is 14.3. The van der Waals surface area contributed by atoms with E-state index >= 15 is 0 Å². The second-order valence-electron chi connectivity index (χ2n) is 10.1. The van der Waals surface area contributed by atoms with Gasteiger partial charge in [-0.1, -0.05) is 24.3 Å². The minimum absolute atomic E-state index is 0.0765. The number of aromatic nitrogens is 3. The number of rotatable bonds is 11. The van der Waals surface area contributed by atoms with Crippen molar-refractivity contribution in [2.24, 2.45) is 0 Å². The van der Waals surface area contributed by atoms with E-state index in [1.165, 1.54) is 13.4 Å². The van der Waals surface area contributed by atoms with Crippen LogP contribution in [0, 0.1) is 0 Å². The zero-order valence-electron chi connectivity index (χ0n) is 22.3. The van der Waals surface area contributed by atoms with Crippen LogP contribution in [0.2, 0.25) is 0 Å². The predicted octanol–water partition coefficient (Wildman–Crippen LogP) is 3.76. The Hall–Kier alpha value is -3.81. The average Bonchev–Trinajstić information content (AvgIpc) is 3.64. The third-order valence-corrected chi connectivity index (χ3v) is 8.27. The summed E-state index contributed by atoms with van der Waals surface area (Å²) in [7, 11) is -4.67. The third kappa shape index (κ3) is 6.49. The van der Waals surface area contributed by atoms with Crippen LogP contribution in [0.4, 0.5) is 17.5 Å². The van der Waals surface area contributed by atoms with E-state index in [4.69, 9.17) is 14.7 Å². The summed E-state index contributed by atoms with van der Waals surface area (Å²) in [5, 5.41) is 6.75. The first-order chi connectivity index (χ1) is 19.0. The molecule has 2 heterocycles. The Morgan fingerprint density at radius 1 is 1.00 bits per heavy atom. The monoisotopic (exact) mass is 582 g/mol. The van der Waals surface area contributed by atoms with Gasteiger partial charge in [0.05, 0.1) is 22.7 Å². The van der Waals surface area contributed by atoms with Crippen molar-refractivity contribution in [1.82, 2.24) is 15.0 Å². The Bertz CT molecular complexity index is 1750. The molecule has 2 aromatic carbocycles. The van der Waals surface area contributed by atoms with Gasteiger partial charge in [-0.15, -0.1) is 0 Å². The van der Waals surface area contributed by atoms with E-state index in [-0.39, 0.29) is 17.0 Å². The lowest BCUT2D eigenvalue weighted by Gasteiger charge is -2.16. The number of anilines is 3. The van der Waals surface area contributed by atoms with E-state index in [0.29, 0.717) is 51.9 Å². The highest BCUT2D eigenvalue weighted by Gasteiger charge is 2.38. The first kappa shape index (κ1) is 27.7. The molecule has 5 rings (SSSR count). The Morgan fingerprint density at radius 2 is 1.75 bits per heavy atom. The maximum absolute atomic E-state index is 12.5. The summed E-state index contributed by atoms with van der Waals surface area (Å²) in [6.45, 7) is 2.74. The molecular weight excluding hydrogens is 552 g/mol. The lowest BCUT2D eigenvalue weighted by molar-refractivity contribution is 0.182. The molecule has 13 heteroatoms. The van der Waals surface area contributed by atoms with E-state index in [0.717, 1.165) is 18.4 Å². The Labute approximate surface area is 234 Å². The molecule has 0 unspecified atom stereocenters. The minimum atomic E-state index is -3.48. The molecule has 1 aliphatic carbocycles. The minimum Gasteiger partial charge on any atom is -0.380 e. The molecule has 0 saturated heterocycles. The summed E-state index contributed by atoms with van der Waals surface area (Å²) >= 11 is 0. The van der Waals surface area contributed by atoms with Gasteiger partial charge in [0.15, 0.2) is 15.7 Å². The number of nitrogens with one attached hydrogen (secondary N) is 3. The lowest BCUT2D eigenvalue weighted by atomic mass is 10.1. The number of pyridine rings is 1. The maximum atomic E-state index is 12.5. The molecule has 1 fully saturated rings. The summed E-state index contributed by atoms with van der Waals surface area (Å²) in [6.07, 6.45) is 3.20. The molecule has 1 aliphatic rings. The number of hydrogen-bond acceptors (Lipinski definition) is 10. The lowest BCUT2D eigenvalue weighted by Crippen LogP contribution is -2.18. The molecule has 11 nitrogen and oxygen atoms in total. The van der Waals surface area contributed by atoms with Crippen LogP contribution in [-0.2, 0) is 38.6 Å². The molecule has 0 spiro atoms. The number of nitrogens with zero attached hydrogens (tertiary/aromatic N) is 3. The highest BCUT2D eigenvalue weighted by molar-refractivity contribution is 7.90. The molecule has 2 aromatic heterocycles. The number of fused-ring (bicyclic) bond motifs is 1. The van der Waals surface area contributed by atoms with Crippen LogP contribution in [-0.4, -0.2) is 50.7 Å². The first-order valence-corrected chi connectivity index (χ1v) is 15.6. The smallest absolute Gasteiger partial charge is 0.225 e. The Kier molecular flexibility index (Phi) is 7.62. The van der Waals surface area contributed by atoms with Gasteiger partial charge in [-0.25, -0.2) is 26.8 Å². The largest absolute Gasteiger partial charge is 0.380 e. The molecule has 0 amide bonds. The fourth-order valence-electron chi connectivity index (χ4n) is 4.26. The van der Waals surface area contributed by atoms with Crippen molar-refractivity contribution >= 4 is 49.2 Å². The fourth-order valence-corrected chi connectivity index (χ4v) is 5.56. The molecule has 4 aromatic rings. The van der Waals surface area contributed by atoms with Crippen molar-refractivity contribution in [2.45, 2.75) is 43.4 Å². The number of benzene rings is 2. The zero-order valence-corrected chi connectivity index (χ0v) is 24.0. The van der Waals surface area contributed by atoms with Gasteiger partial charge in [-0.2, -0.15) is 4.98 Å². The van der Waals surface area contributed by atoms with Gasteiger partial charge < -0.3 is 15.4 Å². The quantitative estimate of drug-likeness (QED) is 0.192. The van der Waals surface area contributed by atoms with Gasteiger partial charge in [0.1, 0.15) is 5.52 Å². The predicted molar refractivity (Wildman–Crippen MR) is 156 cm³/mol. The van der Waals surface area contributed by atoms with Crippen LogP contribution in [0.25, 0.3) is 22.3 Å². The van der Waals surface area contributed by atoms with Crippen LogP contribution >= 0.6 is 0 Å². The average molecular weight is 583 g/mol. The van der Waals surface area contributed by atoms with Crippen molar-refractivity contribution in [3.8, 4) is 11.3 Å². The second-order valence-corrected chi connectivity index (χ2v) is 12.8. The number of methoxy groups -OCH3 is 1. The number of thiol groups is 1. The van der Waals surface area contributed by atoms with Crippen LogP contribution in [0.3, 0.4) is 0 Å². The molecule has 40 heavy (non-hydrogen) atoms. The highest BCUT2D eigenvalue weighted by atomic mass is 32.2. The van der Waals surface area contributed by atoms with Crippen LogP contribution in [0.5, 0.6) is 0 Å². The second kappa shape index (κ2) is 11.0.